The molecule has 3 N–H and O–H groups in total. The van der Waals surface area contributed by atoms with E-state index < -0.39 is 0 Å². The molecule has 0 unspecified atom stereocenters. The molecule has 1 aromatic carbocycles. The topological polar surface area (TPSA) is 69.8 Å². The minimum atomic E-state index is 0.256. The second-order valence-electron chi connectivity index (χ2n) is 4.30. The number of phenols is 1. The number of aromatic hydroxyl groups is 1. The summed E-state index contributed by atoms with van der Waals surface area (Å²) in [5.74, 6) is 1.83. The van der Waals surface area contributed by atoms with Crippen LogP contribution in [0.3, 0.4) is 0 Å². The van der Waals surface area contributed by atoms with Crippen molar-refractivity contribution in [1.82, 2.24) is 10.6 Å². The van der Waals surface area contributed by atoms with E-state index >= 15 is 0 Å². The standard InChI is InChI=1S/C15H19N3O2/c1-2-16-15(18-11-14-7-4-8-20-14)17-10-12-5-3-6-13(19)9-12/h3-9,19H,2,10-11H2,1H3,(H2,16,17,18). The number of phenolic OH excluding ortho intramolecular Hbond substituents is 1. The van der Waals surface area contributed by atoms with Crippen LogP contribution in [0.1, 0.15) is 18.2 Å². The van der Waals surface area contributed by atoms with Crippen molar-refractivity contribution in [3.05, 3.63) is 54.0 Å². The van der Waals surface area contributed by atoms with Gasteiger partial charge < -0.3 is 20.2 Å². The molecule has 0 aliphatic carbocycles. The van der Waals surface area contributed by atoms with Crippen LogP contribution in [0.4, 0.5) is 0 Å². The molecule has 20 heavy (non-hydrogen) atoms. The summed E-state index contributed by atoms with van der Waals surface area (Å²) in [7, 11) is 0. The van der Waals surface area contributed by atoms with Crippen molar-refractivity contribution in [2.24, 2.45) is 4.99 Å². The van der Waals surface area contributed by atoms with Gasteiger partial charge in [0, 0.05) is 6.54 Å². The van der Waals surface area contributed by atoms with Crippen LogP contribution < -0.4 is 10.6 Å². The fourth-order valence-corrected chi connectivity index (χ4v) is 1.75. The third-order valence-corrected chi connectivity index (χ3v) is 2.68. The van der Waals surface area contributed by atoms with Gasteiger partial charge in [0.25, 0.3) is 0 Å². The first-order valence-electron chi connectivity index (χ1n) is 6.60. The van der Waals surface area contributed by atoms with E-state index in [1.54, 1.807) is 18.4 Å². The van der Waals surface area contributed by atoms with Gasteiger partial charge in [0.15, 0.2) is 5.96 Å². The fourth-order valence-electron chi connectivity index (χ4n) is 1.75. The van der Waals surface area contributed by atoms with Crippen LogP contribution >= 0.6 is 0 Å². The Labute approximate surface area is 118 Å². The van der Waals surface area contributed by atoms with Crippen LogP contribution in [-0.2, 0) is 13.1 Å². The maximum Gasteiger partial charge on any atom is 0.191 e. The number of furan rings is 1. The molecule has 5 nitrogen and oxygen atoms in total. The SMILES string of the molecule is CCNC(=NCc1cccc(O)c1)NCc1ccco1. The van der Waals surface area contributed by atoms with Crippen molar-refractivity contribution in [3.8, 4) is 5.75 Å². The van der Waals surface area contributed by atoms with Crippen LogP contribution in [0.5, 0.6) is 5.75 Å². The lowest BCUT2D eigenvalue weighted by molar-refractivity contribution is 0.474. The first-order chi connectivity index (χ1) is 9.78. The Bertz CT molecular complexity index is 550. The zero-order valence-electron chi connectivity index (χ0n) is 11.5. The highest BCUT2D eigenvalue weighted by Gasteiger charge is 2.00. The number of nitrogens with zero attached hydrogens (tertiary/aromatic N) is 1. The number of benzene rings is 1. The smallest absolute Gasteiger partial charge is 0.191 e. The summed E-state index contributed by atoms with van der Waals surface area (Å²) in [6, 6.07) is 10.9. The van der Waals surface area contributed by atoms with Gasteiger partial charge in [0.2, 0.25) is 0 Å². The van der Waals surface area contributed by atoms with Gasteiger partial charge in [-0.05, 0) is 36.8 Å². The Balaban J connectivity index is 1.94. The second kappa shape index (κ2) is 7.23. The van der Waals surface area contributed by atoms with Gasteiger partial charge >= 0.3 is 0 Å². The molecule has 0 aliphatic heterocycles. The molecule has 0 bridgehead atoms. The summed E-state index contributed by atoms with van der Waals surface area (Å²) in [6.07, 6.45) is 1.65. The highest BCUT2D eigenvalue weighted by molar-refractivity contribution is 5.79. The van der Waals surface area contributed by atoms with Crippen molar-refractivity contribution < 1.29 is 9.52 Å². The largest absolute Gasteiger partial charge is 0.508 e. The summed E-state index contributed by atoms with van der Waals surface area (Å²) in [4.78, 5) is 4.47. The molecule has 2 aromatic rings. The number of guanidine groups is 1. The van der Waals surface area contributed by atoms with Crippen molar-refractivity contribution in [1.29, 1.82) is 0 Å². The van der Waals surface area contributed by atoms with Crippen molar-refractivity contribution in [2.75, 3.05) is 6.54 Å². The Morgan fingerprint density at radius 2 is 2.15 bits per heavy atom. The maximum absolute atomic E-state index is 9.42. The zero-order chi connectivity index (χ0) is 14.2. The first kappa shape index (κ1) is 14.0. The van der Waals surface area contributed by atoms with Gasteiger partial charge in [-0.2, -0.15) is 0 Å². The van der Waals surface area contributed by atoms with E-state index in [4.69, 9.17) is 4.42 Å². The van der Waals surface area contributed by atoms with Crippen LogP contribution in [0.15, 0.2) is 52.1 Å². The number of hydrogen-bond donors (Lipinski definition) is 3. The normalized spacial score (nSPS) is 11.3. The quantitative estimate of drug-likeness (QED) is 0.577. The van der Waals surface area contributed by atoms with Gasteiger partial charge in [-0.3, -0.25) is 0 Å². The molecule has 106 valence electrons. The molecular formula is C15H19N3O2. The van der Waals surface area contributed by atoms with E-state index in [1.165, 1.54) is 0 Å². The minimum absolute atomic E-state index is 0.256. The molecule has 1 aromatic heterocycles. The van der Waals surface area contributed by atoms with Crippen molar-refractivity contribution >= 4 is 5.96 Å². The molecule has 1 heterocycles. The van der Waals surface area contributed by atoms with Crippen LogP contribution in [0.25, 0.3) is 0 Å². The van der Waals surface area contributed by atoms with Gasteiger partial charge in [-0.1, -0.05) is 12.1 Å². The van der Waals surface area contributed by atoms with Crippen LogP contribution in [0.2, 0.25) is 0 Å². The number of rotatable bonds is 5. The molecular weight excluding hydrogens is 254 g/mol. The Kier molecular flexibility index (Phi) is 5.06. The highest BCUT2D eigenvalue weighted by atomic mass is 16.3. The van der Waals surface area contributed by atoms with Crippen molar-refractivity contribution in [2.45, 2.75) is 20.0 Å². The number of nitrogens with one attached hydrogen (secondary N) is 2. The lowest BCUT2D eigenvalue weighted by Crippen LogP contribution is -2.36. The molecule has 0 saturated carbocycles. The summed E-state index contributed by atoms with van der Waals surface area (Å²) < 4.78 is 5.26. The van der Waals surface area contributed by atoms with E-state index in [-0.39, 0.29) is 5.75 Å². The summed E-state index contributed by atoms with van der Waals surface area (Å²) in [6.45, 7) is 3.88. The Hall–Kier alpha value is -2.43. The third kappa shape index (κ3) is 4.35. The molecule has 0 fully saturated rings. The van der Waals surface area contributed by atoms with E-state index in [2.05, 4.69) is 15.6 Å². The third-order valence-electron chi connectivity index (χ3n) is 2.68. The predicted octanol–water partition coefficient (Wildman–Crippen LogP) is 2.24. The van der Waals surface area contributed by atoms with E-state index in [0.29, 0.717) is 19.0 Å². The van der Waals surface area contributed by atoms with Gasteiger partial charge in [0.1, 0.15) is 11.5 Å². The first-order valence-corrected chi connectivity index (χ1v) is 6.60. The lowest BCUT2D eigenvalue weighted by Gasteiger charge is -2.10. The predicted molar refractivity (Wildman–Crippen MR) is 78.5 cm³/mol. The van der Waals surface area contributed by atoms with Gasteiger partial charge in [-0.25, -0.2) is 4.99 Å². The minimum Gasteiger partial charge on any atom is -0.508 e. The van der Waals surface area contributed by atoms with E-state index in [1.807, 2.05) is 31.2 Å². The molecule has 0 radical (unpaired) electrons. The second-order valence-corrected chi connectivity index (χ2v) is 4.30. The number of hydrogen-bond acceptors (Lipinski definition) is 3. The van der Waals surface area contributed by atoms with Gasteiger partial charge in [0.05, 0.1) is 19.4 Å². The van der Waals surface area contributed by atoms with E-state index in [0.717, 1.165) is 17.9 Å². The maximum atomic E-state index is 9.42. The fraction of sp³-hybridized carbons (Fsp3) is 0.267. The lowest BCUT2D eigenvalue weighted by atomic mass is 10.2. The molecule has 0 saturated heterocycles. The highest BCUT2D eigenvalue weighted by Crippen LogP contribution is 2.11. The zero-order valence-corrected chi connectivity index (χ0v) is 11.5. The van der Waals surface area contributed by atoms with Crippen LogP contribution in [0, 0.1) is 0 Å². The van der Waals surface area contributed by atoms with Crippen molar-refractivity contribution in [3.63, 3.8) is 0 Å². The average Bonchev–Trinajstić information content (AvgIpc) is 2.95. The molecule has 5 heteroatoms. The molecule has 0 amide bonds. The molecule has 0 atom stereocenters. The summed E-state index contributed by atoms with van der Waals surface area (Å²) in [5.41, 5.74) is 0.959. The van der Waals surface area contributed by atoms with Gasteiger partial charge in [-0.15, -0.1) is 0 Å². The molecule has 0 aliphatic rings. The summed E-state index contributed by atoms with van der Waals surface area (Å²) >= 11 is 0. The average molecular weight is 273 g/mol. The monoisotopic (exact) mass is 273 g/mol. The number of aliphatic imine (C=N–C) groups is 1. The summed E-state index contributed by atoms with van der Waals surface area (Å²) in [5, 5.41) is 15.8. The Morgan fingerprint density at radius 3 is 2.85 bits per heavy atom. The molecule has 0 spiro atoms. The van der Waals surface area contributed by atoms with Crippen LogP contribution in [-0.4, -0.2) is 17.6 Å². The molecule has 2 rings (SSSR count). The Morgan fingerprint density at radius 1 is 1.25 bits per heavy atom. The van der Waals surface area contributed by atoms with E-state index in [9.17, 15) is 5.11 Å².